The number of rotatable bonds is 4. The van der Waals surface area contributed by atoms with Crippen LogP contribution >= 0.6 is 23.8 Å². The maximum absolute atomic E-state index is 11.6. The van der Waals surface area contributed by atoms with E-state index in [4.69, 9.17) is 23.8 Å². The third kappa shape index (κ3) is 3.52. The number of fused-ring (bicyclic) bond motifs is 1. The fraction of sp³-hybridized carbons (Fsp3) is 0.235. The molecule has 0 radical (unpaired) electrons. The van der Waals surface area contributed by atoms with Gasteiger partial charge in [0, 0.05) is 36.6 Å². The predicted octanol–water partition coefficient (Wildman–Crippen LogP) is 2.64. The number of benzene rings is 1. The van der Waals surface area contributed by atoms with Crippen LogP contribution < -0.4 is 5.32 Å². The molecule has 1 aliphatic rings. The van der Waals surface area contributed by atoms with Gasteiger partial charge in [0.2, 0.25) is 0 Å². The molecule has 1 aromatic heterocycles. The lowest BCUT2D eigenvalue weighted by molar-refractivity contribution is 0.0688. The Bertz CT molecular complexity index is 832. The van der Waals surface area contributed by atoms with Gasteiger partial charge in [-0.3, -0.25) is 0 Å². The summed E-state index contributed by atoms with van der Waals surface area (Å²) >= 11 is 11.3. The van der Waals surface area contributed by atoms with E-state index in [9.17, 15) is 9.90 Å². The number of aromatic carboxylic acids is 1. The summed E-state index contributed by atoms with van der Waals surface area (Å²) in [7, 11) is 0. The van der Waals surface area contributed by atoms with Crippen LogP contribution in [-0.2, 0) is 13.0 Å². The van der Waals surface area contributed by atoms with E-state index in [0.717, 1.165) is 11.4 Å². The minimum Gasteiger partial charge on any atom is -0.476 e. The van der Waals surface area contributed by atoms with Gasteiger partial charge in [-0.15, -0.1) is 6.58 Å². The van der Waals surface area contributed by atoms with E-state index in [0.29, 0.717) is 41.8 Å². The fourth-order valence-corrected chi connectivity index (χ4v) is 3.20. The highest BCUT2D eigenvalue weighted by Crippen LogP contribution is 2.26. The Labute approximate surface area is 155 Å². The molecule has 0 amide bonds. The molecule has 0 saturated carbocycles. The Morgan fingerprint density at radius 2 is 2.16 bits per heavy atom. The van der Waals surface area contributed by atoms with Crippen molar-refractivity contribution in [2.24, 2.45) is 0 Å². The van der Waals surface area contributed by atoms with Gasteiger partial charge in [-0.2, -0.15) is 5.10 Å². The number of nitrogens with one attached hydrogen (secondary N) is 1. The molecular formula is C17H17ClN4O2S. The van der Waals surface area contributed by atoms with Gasteiger partial charge in [0.05, 0.1) is 11.4 Å². The Kier molecular flexibility index (Phi) is 5.06. The highest BCUT2D eigenvalue weighted by Gasteiger charge is 2.29. The van der Waals surface area contributed by atoms with E-state index in [1.165, 1.54) is 0 Å². The molecule has 1 aromatic carbocycles. The summed E-state index contributed by atoms with van der Waals surface area (Å²) in [6.45, 7) is 5.32. The standard InChI is InChI=1S/C17H17ClN4O2S/c1-2-8-19-17(25)21-9-7-14-13(10-21)15(16(23)24)20-22(14)12-5-3-11(18)4-6-12/h2-6H,1,7-10H2,(H,19,25)(H,23,24). The molecule has 0 bridgehead atoms. The summed E-state index contributed by atoms with van der Waals surface area (Å²) in [6, 6.07) is 7.16. The molecule has 2 aromatic rings. The lowest BCUT2D eigenvalue weighted by atomic mass is 10.1. The van der Waals surface area contributed by atoms with E-state index in [2.05, 4.69) is 17.0 Å². The van der Waals surface area contributed by atoms with E-state index in [-0.39, 0.29) is 5.69 Å². The molecule has 130 valence electrons. The van der Waals surface area contributed by atoms with Crippen LogP contribution in [-0.4, -0.2) is 44.0 Å². The van der Waals surface area contributed by atoms with Gasteiger partial charge in [0.15, 0.2) is 10.8 Å². The summed E-state index contributed by atoms with van der Waals surface area (Å²) in [5.41, 5.74) is 2.43. The zero-order chi connectivity index (χ0) is 18.0. The van der Waals surface area contributed by atoms with Crippen molar-refractivity contribution in [1.29, 1.82) is 0 Å². The second-order valence-electron chi connectivity index (χ2n) is 5.61. The molecule has 0 unspecified atom stereocenters. The molecule has 0 atom stereocenters. The number of carbonyl (C=O) groups is 1. The number of aromatic nitrogens is 2. The Morgan fingerprint density at radius 1 is 1.44 bits per heavy atom. The van der Waals surface area contributed by atoms with Gasteiger partial charge in [-0.25, -0.2) is 9.48 Å². The first-order chi connectivity index (χ1) is 12.0. The van der Waals surface area contributed by atoms with Gasteiger partial charge in [0.1, 0.15) is 0 Å². The SMILES string of the molecule is C=CCNC(=S)N1CCc2c(c(C(=O)O)nn2-c2ccc(Cl)cc2)C1. The minimum absolute atomic E-state index is 0.0566. The zero-order valence-corrected chi connectivity index (χ0v) is 15.0. The average Bonchev–Trinajstić information content (AvgIpc) is 2.99. The largest absolute Gasteiger partial charge is 0.476 e. The van der Waals surface area contributed by atoms with Crippen LogP contribution in [0.5, 0.6) is 0 Å². The molecule has 0 fully saturated rings. The number of carboxylic acids is 1. The lowest BCUT2D eigenvalue weighted by Crippen LogP contribution is -2.43. The number of nitrogens with zero attached hydrogens (tertiary/aromatic N) is 3. The van der Waals surface area contributed by atoms with Gasteiger partial charge in [-0.1, -0.05) is 17.7 Å². The van der Waals surface area contributed by atoms with Crippen LogP contribution in [0.4, 0.5) is 0 Å². The van der Waals surface area contributed by atoms with E-state index >= 15 is 0 Å². The lowest BCUT2D eigenvalue weighted by Gasteiger charge is -2.30. The average molecular weight is 377 g/mol. The molecule has 2 N–H and O–H groups in total. The first-order valence-corrected chi connectivity index (χ1v) is 8.53. The second kappa shape index (κ2) is 7.25. The Morgan fingerprint density at radius 3 is 2.80 bits per heavy atom. The normalized spacial score (nSPS) is 13.2. The molecule has 6 nitrogen and oxygen atoms in total. The quantitative estimate of drug-likeness (QED) is 0.631. The summed E-state index contributed by atoms with van der Waals surface area (Å²) in [4.78, 5) is 13.6. The van der Waals surface area contributed by atoms with Gasteiger partial charge < -0.3 is 15.3 Å². The van der Waals surface area contributed by atoms with Crippen molar-refractivity contribution in [1.82, 2.24) is 20.0 Å². The van der Waals surface area contributed by atoms with Crippen molar-refractivity contribution < 1.29 is 9.90 Å². The van der Waals surface area contributed by atoms with E-state index in [1.807, 2.05) is 17.0 Å². The second-order valence-corrected chi connectivity index (χ2v) is 6.44. The highest BCUT2D eigenvalue weighted by molar-refractivity contribution is 7.80. The van der Waals surface area contributed by atoms with E-state index in [1.54, 1.807) is 22.9 Å². The first-order valence-electron chi connectivity index (χ1n) is 7.75. The molecule has 0 aliphatic carbocycles. The van der Waals surface area contributed by atoms with Crippen molar-refractivity contribution in [3.63, 3.8) is 0 Å². The molecule has 25 heavy (non-hydrogen) atoms. The van der Waals surface area contributed by atoms with Crippen LogP contribution in [0, 0.1) is 0 Å². The number of thiocarbonyl (C=S) groups is 1. The maximum atomic E-state index is 11.6. The van der Waals surface area contributed by atoms with Gasteiger partial charge in [0.25, 0.3) is 0 Å². The molecule has 1 aliphatic heterocycles. The number of carboxylic acid groups (broad SMARTS) is 1. The molecule has 2 heterocycles. The Balaban J connectivity index is 1.96. The predicted molar refractivity (Wildman–Crippen MR) is 100 cm³/mol. The molecular weight excluding hydrogens is 360 g/mol. The molecule has 0 spiro atoms. The van der Waals surface area contributed by atoms with Crippen LogP contribution in [0.25, 0.3) is 5.69 Å². The summed E-state index contributed by atoms with van der Waals surface area (Å²) in [6.07, 6.45) is 2.37. The minimum atomic E-state index is -1.05. The van der Waals surface area contributed by atoms with Crippen molar-refractivity contribution in [3.05, 3.63) is 58.9 Å². The van der Waals surface area contributed by atoms with E-state index < -0.39 is 5.97 Å². The molecule has 3 rings (SSSR count). The van der Waals surface area contributed by atoms with Crippen LogP contribution in [0.1, 0.15) is 21.7 Å². The first kappa shape index (κ1) is 17.4. The van der Waals surface area contributed by atoms with Crippen LogP contribution in [0.15, 0.2) is 36.9 Å². The molecule has 0 saturated heterocycles. The summed E-state index contributed by atoms with van der Waals surface area (Å²) in [5.74, 6) is -1.05. The smallest absolute Gasteiger partial charge is 0.356 e. The third-order valence-electron chi connectivity index (χ3n) is 4.02. The highest BCUT2D eigenvalue weighted by atomic mass is 35.5. The van der Waals surface area contributed by atoms with Crippen molar-refractivity contribution in [2.45, 2.75) is 13.0 Å². The van der Waals surface area contributed by atoms with Crippen molar-refractivity contribution >= 4 is 34.9 Å². The monoisotopic (exact) mass is 376 g/mol. The fourth-order valence-electron chi connectivity index (χ4n) is 2.83. The van der Waals surface area contributed by atoms with Gasteiger partial charge in [-0.05, 0) is 36.5 Å². The topological polar surface area (TPSA) is 70.4 Å². The zero-order valence-electron chi connectivity index (χ0n) is 13.4. The number of halogens is 1. The third-order valence-corrected chi connectivity index (χ3v) is 4.67. The summed E-state index contributed by atoms with van der Waals surface area (Å²) in [5, 5.41) is 18.1. The maximum Gasteiger partial charge on any atom is 0.356 e. The van der Waals surface area contributed by atoms with Crippen LogP contribution in [0.3, 0.4) is 0 Å². The number of hydrogen-bond donors (Lipinski definition) is 2. The number of hydrogen-bond acceptors (Lipinski definition) is 3. The van der Waals surface area contributed by atoms with Crippen molar-refractivity contribution in [2.75, 3.05) is 13.1 Å². The van der Waals surface area contributed by atoms with Crippen molar-refractivity contribution in [3.8, 4) is 5.69 Å². The summed E-state index contributed by atoms with van der Waals surface area (Å²) < 4.78 is 1.69. The Hall–Kier alpha value is -2.38. The molecule has 8 heteroatoms. The van der Waals surface area contributed by atoms with Gasteiger partial charge >= 0.3 is 5.97 Å². The van der Waals surface area contributed by atoms with Crippen LogP contribution in [0.2, 0.25) is 5.02 Å².